The molecular weight excluding hydrogens is 252 g/mol. The van der Waals surface area contributed by atoms with Crippen LogP contribution in [0.2, 0.25) is 0 Å². The van der Waals surface area contributed by atoms with E-state index in [2.05, 4.69) is 0 Å². The zero-order valence-corrected chi connectivity index (χ0v) is 11.5. The molecule has 0 fully saturated rings. The molecule has 102 valence electrons. The van der Waals surface area contributed by atoms with E-state index in [0.29, 0.717) is 5.56 Å². The summed E-state index contributed by atoms with van der Waals surface area (Å²) in [5, 5.41) is 9.10. The molecule has 2 aromatic rings. The summed E-state index contributed by atoms with van der Waals surface area (Å²) in [6.07, 6.45) is 3.85. The molecule has 0 bridgehead atoms. The summed E-state index contributed by atoms with van der Waals surface area (Å²) >= 11 is 0. The molecule has 3 nitrogen and oxygen atoms in total. The van der Waals surface area contributed by atoms with Crippen molar-refractivity contribution in [2.45, 2.75) is 6.92 Å². The van der Waals surface area contributed by atoms with Gasteiger partial charge in [-0.05, 0) is 41.8 Å². The van der Waals surface area contributed by atoms with Gasteiger partial charge in [-0.1, -0.05) is 36.4 Å². The average Bonchev–Trinajstić information content (AvgIpc) is 2.46. The molecule has 0 heterocycles. The lowest BCUT2D eigenvalue weighted by Crippen LogP contribution is -2.00. The summed E-state index contributed by atoms with van der Waals surface area (Å²) in [6, 6.07) is 13.0. The van der Waals surface area contributed by atoms with E-state index in [1.807, 2.05) is 49.4 Å². The van der Waals surface area contributed by atoms with Crippen molar-refractivity contribution in [2.24, 2.45) is 0 Å². The van der Waals surface area contributed by atoms with Crippen molar-refractivity contribution in [1.29, 1.82) is 0 Å². The van der Waals surface area contributed by atoms with Crippen LogP contribution in [0.1, 0.15) is 27.0 Å². The lowest BCUT2D eigenvalue weighted by atomic mass is 10.0. The molecule has 0 unspecified atom stereocenters. The molecule has 0 atom stereocenters. The minimum absolute atomic E-state index is 0.331. The third-order valence-corrected chi connectivity index (χ3v) is 3.16. The van der Waals surface area contributed by atoms with Crippen LogP contribution in [0, 0.1) is 6.92 Å². The van der Waals surface area contributed by atoms with E-state index in [1.165, 1.54) is 0 Å². The second kappa shape index (κ2) is 6.06. The molecule has 0 amide bonds. The summed E-state index contributed by atoms with van der Waals surface area (Å²) in [5.74, 6) is -0.109. The van der Waals surface area contributed by atoms with Gasteiger partial charge >= 0.3 is 5.97 Å². The zero-order valence-electron chi connectivity index (χ0n) is 11.5. The smallest absolute Gasteiger partial charge is 0.335 e. The first-order valence-corrected chi connectivity index (χ1v) is 6.27. The number of rotatable bonds is 4. The summed E-state index contributed by atoms with van der Waals surface area (Å²) in [5.41, 5.74) is 2.99. The Morgan fingerprint density at radius 3 is 2.60 bits per heavy atom. The second-order valence-corrected chi connectivity index (χ2v) is 4.43. The van der Waals surface area contributed by atoms with E-state index in [0.717, 1.165) is 22.4 Å². The number of aromatic carboxylic acids is 1. The van der Waals surface area contributed by atoms with E-state index in [9.17, 15) is 4.79 Å². The van der Waals surface area contributed by atoms with Crippen molar-refractivity contribution in [2.75, 3.05) is 7.11 Å². The lowest BCUT2D eigenvalue weighted by molar-refractivity contribution is 0.0696. The normalized spacial score (nSPS) is 10.7. The molecule has 0 aliphatic carbocycles. The number of carbonyl (C=O) groups is 1. The van der Waals surface area contributed by atoms with E-state index < -0.39 is 5.97 Å². The summed E-state index contributed by atoms with van der Waals surface area (Å²) in [4.78, 5) is 11.1. The molecule has 0 saturated carbocycles. The van der Waals surface area contributed by atoms with Crippen molar-refractivity contribution in [3.63, 3.8) is 0 Å². The SMILES string of the molecule is COc1cccc(/C=C/c2cccc(C(=O)O)c2C)c1. The van der Waals surface area contributed by atoms with Crippen LogP contribution in [0.15, 0.2) is 42.5 Å². The topological polar surface area (TPSA) is 46.5 Å². The Kier molecular flexibility index (Phi) is 4.20. The Bertz CT molecular complexity index is 657. The fourth-order valence-electron chi connectivity index (χ4n) is 2.00. The highest BCUT2D eigenvalue weighted by atomic mass is 16.5. The first-order chi connectivity index (χ1) is 9.61. The quantitative estimate of drug-likeness (QED) is 0.856. The fraction of sp³-hybridized carbons (Fsp3) is 0.118. The minimum atomic E-state index is -0.904. The molecule has 20 heavy (non-hydrogen) atoms. The molecule has 3 heteroatoms. The predicted octanol–water partition coefficient (Wildman–Crippen LogP) is 3.87. The van der Waals surface area contributed by atoms with Gasteiger partial charge in [0.05, 0.1) is 12.7 Å². The Morgan fingerprint density at radius 1 is 1.15 bits per heavy atom. The van der Waals surface area contributed by atoms with Gasteiger partial charge in [0.25, 0.3) is 0 Å². The van der Waals surface area contributed by atoms with Gasteiger partial charge < -0.3 is 9.84 Å². The molecule has 0 radical (unpaired) electrons. The minimum Gasteiger partial charge on any atom is -0.497 e. The molecule has 1 N–H and O–H groups in total. The van der Waals surface area contributed by atoms with Crippen molar-refractivity contribution in [1.82, 2.24) is 0 Å². The van der Waals surface area contributed by atoms with Crippen molar-refractivity contribution >= 4 is 18.1 Å². The first kappa shape index (κ1) is 13.9. The fourth-order valence-corrected chi connectivity index (χ4v) is 2.00. The highest BCUT2D eigenvalue weighted by Gasteiger charge is 2.07. The highest BCUT2D eigenvalue weighted by molar-refractivity contribution is 5.91. The maximum Gasteiger partial charge on any atom is 0.335 e. The molecule has 0 aromatic heterocycles. The van der Waals surface area contributed by atoms with Crippen molar-refractivity contribution in [3.8, 4) is 5.75 Å². The lowest BCUT2D eigenvalue weighted by Gasteiger charge is -2.05. The molecule has 0 aliphatic heterocycles. The Hall–Kier alpha value is -2.55. The number of benzene rings is 2. The standard InChI is InChI=1S/C17H16O3/c1-12-14(6-4-8-16(12)17(18)19)10-9-13-5-3-7-15(11-13)20-2/h3-11H,1-2H3,(H,18,19)/b10-9+. The second-order valence-electron chi connectivity index (χ2n) is 4.43. The van der Waals surface area contributed by atoms with E-state index in [4.69, 9.17) is 9.84 Å². The van der Waals surface area contributed by atoms with Crippen LogP contribution in [-0.4, -0.2) is 18.2 Å². The van der Waals surface area contributed by atoms with Crippen LogP contribution >= 0.6 is 0 Å². The van der Waals surface area contributed by atoms with Crippen molar-refractivity contribution in [3.05, 3.63) is 64.7 Å². The third kappa shape index (κ3) is 3.06. The largest absolute Gasteiger partial charge is 0.497 e. The number of ether oxygens (including phenoxy) is 1. The van der Waals surface area contributed by atoms with Gasteiger partial charge in [0, 0.05) is 0 Å². The van der Waals surface area contributed by atoms with Gasteiger partial charge in [-0.2, -0.15) is 0 Å². The first-order valence-electron chi connectivity index (χ1n) is 6.27. The molecular formula is C17H16O3. The molecule has 2 aromatic carbocycles. The highest BCUT2D eigenvalue weighted by Crippen LogP contribution is 2.18. The molecule has 0 spiro atoms. The van der Waals surface area contributed by atoms with Gasteiger partial charge in [0.15, 0.2) is 0 Å². The van der Waals surface area contributed by atoms with Crippen LogP contribution in [0.25, 0.3) is 12.2 Å². The van der Waals surface area contributed by atoms with E-state index >= 15 is 0 Å². The molecule has 0 aliphatic rings. The van der Waals surface area contributed by atoms with Gasteiger partial charge in [0.1, 0.15) is 5.75 Å². The zero-order chi connectivity index (χ0) is 14.5. The summed E-state index contributed by atoms with van der Waals surface area (Å²) < 4.78 is 5.17. The van der Waals surface area contributed by atoms with Gasteiger partial charge in [-0.25, -0.2) is 4.79 Å². The van der Waals surface area contributed by atoms with Gasteiger partial charge in [0.2, 0.25) is 0 Å². The van der Waals surface area contributed by atoms with E-state index in [-0.39, 0.29) is 0 Å². The predicted molar refractivity (Wildman–Crippen MR) is 80.1 cm³/mol. The number of hydrogen-bond donors (Lipinski definition) is 1. The van der Waals surface area contributed by atoms with Crippen LogP contribution in [0.5, 0.6) is 5.75 Å². The maximum absolute atomic E-state index is 11.1. The van der Waals surface area contributed by atoms with Crippen LogP contribution in [-0.2, 0) is 0 Å². The monoisotopic (exact) mass is 268 g/mol. The van der Waals surface area contributed by atoms with E-state index in [1.54, 1.807) is 19.2 Å². The molecule has 0 saturated heterocycles. The Balaban J connectivity index is 2.31. The number of carboxylic acids is 1. The average molecular weight is 268 g/mol. The Morgan fingerprint density at radius 2 is 1.90 bits per heavy atom. The summed E-state index contributed by atoms with van der Waals surface area (Å²) in [7, 11) is 1.63. The molecule has 2 rings (SSSR count). The summed E-state index contributed by atoms with van der Waals surface area (Å²) in [6.45, 7) is 1.81. The van der Waals surface area contributed by atoms with Crippen LogP contribution < -0.4 is 4.74 Å². The van der Waals surface area contributed by atoms with Crippen LogP contribution in [0.4, 0.5) is 0 Å². The number of methoxy groups -OCH3 is 1. The van der Waals surface area contributed by atoms with Gasteiger partial charge in [-0.15, -0.1) is 0 Å². The van der Waals surface area contributed by atoms with Crippen molar-refractivity contribution < 1.29 is 14.6 Å². The maximum atomic E-state index is 11.1. The van der Waals surface area contributed by atoms with Crippen LogP contribution in [0.3, 0.4) is 0 Å². The number of hydrogen-bond acceptors (Lipinski definition) is 2. The Labute approximate surface area is 118 Å². The van der Waals surface area contributed by atoms with Gasteiger partial charge in [-0.3, -0.25) is 0 Å². The third-order valence-electron chi connectivity index (χ3n) is 3.16. The number of carboxylic acid groups (broad SMARTS) is 1.